The number of aromatic nitrogens is 3. The predicted molar refractivity (Wildman–Crippen MR) is 116 cm³/mol. The fraction of sp³-hybridized carbons (Fsp3) is 0.273. The summed E-state index contributed by atoms with van der Waals surface area (Å²) < 4.78 is 19.9. The van der Waals surface area contributed by atoms with Gasteiger partial charge in [0.1, 0.15) is 5.82 Å². The van der Waals surface area contributed by atoms with E-state index in [1.165, 1.54) is 31.5 Å². The van der Waals surface area contributed by atoms with Crippen LogP contribution in [0.4, 0.5) is 14.9 Å². The number of anilines is 1. The summed E-state index contributed by atoms with van der Waals surface area (Å²) in [5.41, 5.74) is 2.36. The van der Waals surface area contributed by atoms with Gasteiger partial charge in [-0.05, 0) is 43.0 Å². The Kier molecular flexibility index (Phi) is 5.05. The van der Waals surface area contributed by atoms with Gasteiger partial charge in [-0.15, -0.1) is 0 Å². The smallest absolute Gasteiger partial charge is 0.322 e. The monoisotopic (exact) mass is 455 g/mol. The predicted octanol–water partition coefficient (Wildman–Crippen LogP) is 3.93. The molecule has 164 valence electrons. The maximum Gasteiger partial charge on any atom is 0.322 e. The summed E-state index contributed by atoms with van der Waals surface area (Å²) in [6.07, 6.45) is 3.60. The first-order chi connectivity index (χ1) is 15.4. The van der Waals surface area contributed by atoms with Gasteiger partial charge in [0, 0.05) is 35.5 Å². The molecule has 0 unspecified atom stereocenters. The fourth-order valence-electron chi connectivity index (χ4n) is 4.52. The topological polar surface area (TPSA) is 100 Å². The number of aromatic amines is 1. The van der Waals surface area contributed by atoms with Crippen molar-refractivity contribution in [2.75, 3.05) is 12.4 Å². The summed E-state index contributed by atoms with van der Waals surface area (Å²) in [5, 5.41) is 9.53. The minimum Gasteiger partial charge on any atom is -0.481 e. The first kappa shape index (κ1) is 20.4. The molecule has 0 aliphatic carbocycles. The SMILES string of the molecule is COc1ccc(-c2cc(F)c(NC(=O)N3[C@H]4CC[C@@H]3c3n[nH]c(=O)cc3C4)cc2Cl)cn1. The van der Waals surface area contributed by atoms with Crippen molar-refractivity contribution in [1.82, 2.24) is 20.1 Å². The second-order valence-electron chi connectivity index (χ2n) is 7.83. The highest BCUT2D eigenvalue weighted by Gasteiger charge is 2.44. The molecule has 1 fully saturated rings. The van der Waals surface area contributed by atoms with Gasteiger partial charge in [-0.3, -0.25) is 4.79 Å². The Morgan fingerprint density at radius 3 is 2.91 bits per heavy atom. The van der Waals surface area contributed by atoms with Gasteiger partial charge in [0.15, 0.2) is 0 Å². The number of urea groups is 1. The van der Waals surface area contributed by atoms with E-state index < -0.39 is 11.8 Å². The molecule has 3 aromatic rings. The van der Waals surface area contributed by atoms with Crippen molar-refractivity contribution in [3.63, 3.8) is 0 Å². The van der Waals surface area contributed by atoms with Crippen LogP contribution in [-0.2, 0) is 6.42 Å². The summed E-state index contributed by atoms with van der Waals surface area (Å²) in [6, 6.07) is 6.83. The van der Waals surface area contributed by atoms with E-state index in [9.17, 15) is 14.0 Å². The maximum atomic E-state index is 14.9. The second kappa shape index (κ2) is 7.90. The summed E-state index contributed by atoms with van der Waals surface area (Å²) in [6.45, 7) is 0. The molecule has 2 aliphatic heterocycles. The number of hydrogen-bond acceptors (Lipinski definition) is 5. The molecule has 10 heteroatoms. The number of rotatable bonds is 3. The number of halogens is 2. The molecule has 2 aromatic heterocycles. The van der Waals surface area contributed by atoms with E-state index in [1.807, 2.05) is 0 Å². The zero-order valence-corrected chi connectivity index (χ0v) is 17.8. The van der Waals surface area contributed by atoms with Crippen molar-refractivity contribution in [3.8, 4) is 17.0 Å². The summed E-state index contributed by atoms with van der Waals surface area (Å²) in [4.78, 5) is 30.5. The van der Waals surface area contributed by atoms with Gasteiger partial charge in [-0.25, -0.2) is 19.3 Å². The lowest BCUT2D eigenvalue weighted by atomic mass is 9.99. The molecular weight excluding hydrogens is 437 g/mol. The van der Waals surface area contributed by atoms with Crippen LogP contribution in [0.2, 0.25) is 5.02 Å². The highest BCUT2D eigenvalue weighted by molar-refractivity contribution is 6.33. The Labute approximate surface area is 187 Å². The molecule has 2 amide bonds. The Hall–Kier alpha value is -3.46. The second-order valence-corrected chi connectivity index (χ2v) is 8.24. The average molecular weight is 456 g/mol. The largest absolute Gasteiger partial charge is 0.481 e. The number of amides is 2. The third-order valence-electron chi connectivity index (χ3n) is 5.98. The number of ether oxygens (including phenoxy) is 1. The van der Waals surface area contributed by atoms with Gasteiger partial charge in [-0.1, -0.05) is 11.6 Å². The normalized spacial score (nSPS) is 18.9. The molecule has 32 heavy (non-hydrogen) atoms. The minimum atomic E-state index is -0.610. The van der Waals surface area contributed by atoms with Crippen molar-refractivity contribution in [3.05, 3.63) is 69.0 Å². The molecule has 0 radical (unpaired) electrons. The molecule has 2 N–H and O–H groups in total. The van der Waals surface area contributed by atoms with Crippen LogP contribution < -0.4 is 15.6 Å². The molecule has 5 rings (SSSR count). The lowest BCUT2D eigenvalue weighted by molar-refractivity contribution is 0.177. The number of fused-ring (bicyclic) bond motifs is 4. The number of H-pyrrole nitrogens is 1. The molecule has 2 bridgehead atoms. The van der Waals surface area contributed by atoms with Crippen LogP contribution in [0.15, 0.2) is 41.3 Å². The first-order valence-corrected chi connectivity index (χ1v) is 10.5. The van der Waals surface area contributed by atoms with Crippen molar-refractivity contribution in [2.45, 2.75) is 31.3 Å². The third-order valence-corrected chi connectivity index (χ3v) is 6.30. The lowest BCUT2D eigenvalue weighted by Crippen LogP contribution is -2.45. The molecule has 0 spiro atoms. The molecular formula is C22H19ClFN5O3. The Bertz CT molecular complexity index is 1260. The zero-order valence-electron chi connectivity index (χ0n) is 17.1. The van der Waals surface area contributed by atoms with E-state index in [-0.39, 0.29) is 28.4 Å². The van der Waals surface area contributed by atoms with Crippen LogP contribution in [0, 0.1) is 5.82 Å². The molecule has 4 heterocycles. The minimum absolute atomic E-state index is 0.00940. The van der Waals surface area contributed by atoms with Gasteiger partial charge >= 0.3 is 6.03 Å². The number of nitrogens with one attached hydrogen (secondary N) is 2. The number of methoxy groups -OCH3 is 1. The number of benzene rings is 1. The van der Waals surface area contributed by atoms with E-state index in [1.54, 1.807) is 17.0 Å². The van der Waals surface area contributed by atoms with Crippen LogP contribution in [0.1, 0.15) is 30.1 Å². The third kappa shape index (κ3) is 3.48. The average Bonchev–Trinajstić information content (AvgIpc) is 3.11. The van der Waals surface area contributed by atoms with E-state index in [2.05, 4.69) is 20.5 Å². The molecule has 2 atom stereocenters. The van der Waals surface area contributed by atoms with Crippen molar-refractivity contribution < 1.29 is 13.9 Å². The van der Waals surface area contributed by atoms with Crippen LogP contribution in [0.3, 0.4) is 0 Å². The highest BCUT2D eigenvalue weighted by atomic mass is 35.5. The Morgan fingerprint density at radius 1 is 1.31 bits per heavy atom. The fourth-order valence-corrected chi connectivity index (χ4v) is 4.79. The summed E-state index contributed by atoms with van der Waals surface area (Å²) in [5.74, 6) is -0.175. The number of hydrogen-bond donors (Lipinski definition) is 2. The Balaban J connectivity index is 1.39. The van der Waals surface area contributed by atoms with Gasteiger partial charge in [0.2, 0.25) is 5.88 Å². The van der Waals surface area contributed by atoms with Gasteiger partial charge < -0.3 is 15.0 Å². The van der Waals surface area contributed by atoms with Crippen molar-refractivity contribution in [2.24, 2.45) is 0 Å². The maximum absolute atomic E-state index is 14.9. The van der Waals surface area contributed by atoms with E-state index >= 15 is 0 Å². The standard InChI is InChI=1S/C22H19ClFN5O3/c1-32-20-5-2-11(10-25-20)14-8-16(24)17(9-15(14)23)26-22(31)29-13-3-4-18(29)21-12(6-13)7-19(30)27-28-21/h2,5,7-10,13,18H,3-4,6H2,1H3,(H,26,31)(H,27,30)/t13-,18+/m0/s1. The first-order valence-electron chi connectivity index (χ1n) is 10.1. The lowest BCUT2D eigenvalue weighted by Gasteiger charge is -2.35. The molecule has 1 saturated heterocycles. The molecule has 0 saturated carbocycles. The van der Waals surface area contributed by atoms with Crippen LogP contribution in [-0.4, -0.2) is 39.3 Å². The quantitative estimate of drug-likeness (QED) is 0.623. The number of pyridine rings is 1. The van der Waals surface area contributed by atoms with Crippen molar-refractivity contribution in [1.29, 1.82) is 0 Å². The van der Waals surface area contributed by atoms with E-state index in [0.29, 0.717) is 29.1 Å². The summed E-state index contributed by atoms with van der Waals surface area (Å²) >= 11 is 6.40. The van der Waals surface area contributed by atoms with Crippen LogP contribution >= 0.6 is 11.6 Å². The highest BCUT2D eigenvalue weighted by Crippen LogP contribution is 2.42. The number of carbonyl (C=O) groups is 1. The van der Waals surface area contributed by atoms with Crippen LogP contribution in [0.25, 0.3) is 11.1 Å². The zero-order chi connectivity index (χ0) is 22.4. The molecule has 8 nitrogen and oxygen atoms in total. The van der Waals surface area contributed by atoms with E-state index in [4.69, 9.17) is 16.3 Å². The molecule has 1 aromatic carbocycles. The van der Waals surface area contributed by atoms with Gasteiger partial charge in [-0.2, -0.15) is 5.10 Å². The number of carbonyl (C=O) groups excluding carboxylic acids is 1. The summed E-state index contributed by atoms with van der Waals surface area (Å²) in [7, 11) is 1.51. The van der Waals surface area contributed by atoms with Crippen molar-refractivity contribution >= 4 is 23.3 Å². The van der Waals surface area contributed by atoms with E-state index in [0.717, 1.165) is 18.4 Å². The molecule has 2 aliphatic rings. The van der Waals surface area contributed by atoms with Gasteiger partial charge in [0.25, 0.3) is 5.56 Å². The Morgan fingerprint density at radius 2 is 2.16 bits per heavy atom. The number of nitrogens with zero attached hydrogens (tertiary/aromatic N) is 3. The van der Waals surface area contributed by atoms with Gasteiger partial charge in [0.05, 0.1) is 29.6 Å². The van der Waals surface area contributed by atoms with Crippen LogP contribution in [0.5, 0.6) is 5.88 Å².